The molecule has 1 saturated heterocycles. The molecule has 1 unspecified atom stereocenters. The summed E-state index contributed by atoms with van der Waals surface area (Å²) >= 11 is 3.46. The molecule has 2 heterocycles. The van der Waals surface area contributed by atoms with E-state index in [0.717, 1.165) is 35.8 Å². The zero-order valence-corrected chi connectivity index (χ0v) is 20.7. The molecule has 3 aromatic rings. The molecule has 0 aliphatic carbocycles. The van der Waals surface area contributed by atoms with Crippen molar-refractivity contribution in [2.24, 2.45) is 5.92 Å². The van der Waals surface area contributed by atoms with E-state index in [4.69, 9.17) is 4.52 Å². The van der Waals surface area contributed by atoms with Crippen LogP contribution in [0.25, 0.3) is 11.4 Å². The summed E-state index contributed by atoms with van der Waals surface area (Å²) in [5, 5.41) is 9.94. The molecular weight excluding hydrogens is 498 g/mol. The van der Waals surface area contributed by atoms with Gasteiger partial charge in [-0.1, -0.05) is 52.3 Å². The summed E-state index contributed by atoms with van der Waals surface area (Å²) < 4.78 is 6.41. The molecule has 1 atom stereocenters. The Hall–Kier alpha value is -3.04. The van der Waals surface area contributed by atoms with E-state index in [0.29, 0.717) is 42.6 Å². The van der Waals surface area contributed by atoms with E-state index in [2.05, 4.69) is 41.6 Å². The van der Waals surface area contributed by atoms with Crippen molar-refractivity contribution in [3.63, 3.8) is 0 Å². The first-order chi connectivity index (χ1) is 16.5. The van der Waals surface area contributed by atoms with Crippen LogP contribution in [0.15, 0.2) is 57.5 Å². The van der Waals surface area contributed by atoms with E-state index >= 15 is 0 Å². The van der Waals surface area contributed by atoms with Crippen molar-refractivity contribution >= 4 is 33.4 Å². The van der Waals surface area contributed by atoms with Gasteiger partial charge >= 0.3 is 0 Å². The summed E-state index contributed by atoms with van der Waals surface area (Å²) in [6.07, 6.45) is 2.53. The van der Waals surface area contributed by atoms with E-state index in [1.165, 1.54) is 0 Å². The number of anilines is 1. The monoisotopic (exact) mass is 525 g/mol. The molecule has 178 valence electrons. The molecule has 34 heavy (non-hydrogen) atoms. The first-order valence-corrected chi connectivity index (χ1v) is 12.3. The van der Waals surface area contributed by atoms with Crippen molar-refractivity contribution in [3.8, 4) is 11.4 Å². The Balaban J connectivity index is 1.37. The highest BCUT2D eigenvalue weighted by molar-refractivity contribution is 9.10. The Kier molecular flexibility index (Phi) is 8.08. The van der Waals surface area contributed by atoms with E-state index < -0.39 is 0 Å². The fourth-order valence-corrected chi connectivity index (χ4v) is 4.43. The largest absolute Gasteiger partial charge is 0.352 e. The fraction of sp³-hybridized carbons (Fsp3) is 0.360. The topological polar surface area (TPSA) is 100 Å². The van der Waals surface area contributed by atoms with Gasteiger partial charge < -0.3 is 15.2 Å². The number of nitrogens with one attached hydrogen (secondary N) is 2. The number of benzene rings is 2. The Morgan fingerprint density at radius 2 is 2.06 bits per heavy atom. The van der Waals surface area contributed by atoms with Gasteiger partial charge in [-0.2, -0.15) is 4.98 Å². The minimum Gasteiger partial charge on any atom is -0.352 e. The Morgan fingerprint density at radius 3 is 2.88 bits per heavy atom. The summed E-state index contributed by atoms with van der Waals surface area (Å²) in [6, 6.07) is 14.8. The number of carbonyl (C=O) groups excluding carboxylic acids is 2. The Morgan fingerprint density at radius 1 is 1.21 bits per heavy atom. The van der Waals surface area contributed by atoms with Crippen molar-refractivity contribution in [1.82, 2.24) is 20.4 Å². The van der Waals surface area contributed by atoms with Gasteiger partial charge in [0.15, 0.2) is 0 Å². The van der Waals surface area contributed by atoms with E-state index in [1.807, 2.05) is 37.3 Å². The summed E-state index contributed by atoms with van der Waals surface area (Å²) in [5.74, 6) is 0.615. The predicted octanol–water partition coefficient (Wildman–Crippen LogP) is 4.49. The molecule has 8 nitrogen and oxygen atoms in total. The lowest BCUT2D eigenvalue weighted by Gasteiger charge is -2.31. The quantitative estimate of drug-likeness (QED) is 0.449. The van der Waals surface area contributed by atoms with Crippen LogP contribution in [0.4, 0.5) is 5.69 Å². The van der Waals surface area contributed by atoms with Crippen molar-refractivity contribution in [2.75, 3.05) is 25.0 Å². The summed E-state index contributed by atoms with van der Waals surface area (Å²) in [6.45, 7) is 4.52. The van der Waals surface area contributed by atoms with Gasteiger partial charge in [0.1, 0.15) is 0 Å². The molecule has 0 spiro atoms. The van der Waals surface area contributed by atoms with E-state index in [9.17, 15) is 9.59 Å². The number of nitrogens with zero attached hydrogens (tertiary/aromatic N) is 3. The number of aromatic nitrogens is 2. The predicted molar refractivity (Wildman–Crippen MR) is 133 cm³/mol. The SMILES string of the molecule is CCCNC(=O)c1ccccc1NC(=O)C1CCCN(Cc2nc(-c3cccc(Br)c3)no2)C1. The maximum Gasteiger partial charge on any atom is 0.253 e. The number of para-hydroxylation sites is 1. The molecule has 2 amide bonds. The number of amides is 2. The minimum atomic E-state index is -0.187. The van der Waals surface area contributed by atoms with Gasteiger partial charge in [0, 0.05) is 23.1 Å². The van der Waals surface area contributed by atoms with E-state index in [-0.39, 0.29) is 17.7 Å². The van der Waals surface area contributed by atoms with E-state index in [1.54, 1.807) is 18.2 Å². The van der Waals surface area contributed by atoms with Crippen LogP contribution in [0.3, 0.4) is 0 Å². The zero-order valence-electron chi connectivity index (χ0n) is 19.1. The highest BCUT2D eigenvalue weighted by Crippen LogP contribution is 2.24. The van der Waals surface area contributed by atoms with Crippen LogP contribution in [0.2, 0.25) is 0 Å². The zero-order chi connectivity index (χ0) is 23.9. The molecule has 2 N–H and O–H groups in total. The number of halogens is 1. The molecule has 0 saturated carbocycles. The van der Waals surface area contributed by atoms with Crippen molar-refractivity contribution in [2.45, 2.75) is 32.7 Å². The van der Waals surface area contributed by atoms with Crippen molar-refractivity contribution in [3.05, 3.63) is 64.5 Å². The van der Waals surface area contributed by atoms with Crippen molar-refractivity contribution in [1.29, 1.82) is 0 Å². The molecule has 0 radical (unpaired) electrons. The average molecular weight is 526 g/mol. The van der Waals surface area contributed by atoms with Crippen LogP contribution in [-0.4, -0.2) is 46.5 Å². The lowest BCUT2D eigenvalue weighted by Crippen LogP contribution is -2.40. The van der Waals surface area contributed by atoms with Crippen molar-refractivity contribution < 1.29 is 14.1 Å². The average Bonchev–Trinajstić information content (AvgIpc) is 3.31. The first kappa shape index (κ1) is 24.1. The van der Waals surface area contributed by atoms with Gasteiger partial charge in [-0.25, -0.2) is 0 Å². The second-order valence-corrected chi connectivity index (χ2v) is 9.30. The van der Waals surface area contributed by atoms with Gasteiger partial charge in [0.25, 0.3) is 5.91 Å². The summed E-state index contributed by atoms with van der Waals surface area (Å²) in [5.41, 5.74) is 1.89. The van der Waals surface area contributed by atoms with Crippen LogP contribution >= 0.6 is 15.9 Å². The molecule has 1 aromatic heterocycles. The summed E-state index contributed by atoms with van der Waals surface area (Å²) in [4.78, 5) is 32.2. The normalized spacial score (nSPS) is 16.2. The van der Waals surface area contributed by atoms with Gasteiger partial charge in [0.05, 0.1) is 23.7 Å². The van der Waals surface area contributed by atoms with Gasteiger partial charge in [0.2, 0.25) is 17.6 Å². The molecular formula is C25H28BrN5O3. The van der Waals surface area contributed by atoms with Crippen LogP contribution < -0.4 is 10.6 Å². The minimum absolute atomic E-state index is 0.0826. The number of rotatable bonds is 8. The van der Waals surface area contributed by atoms with Crippen LogP contribution in [0.1, 0.15) is 42.4 Å². The van der Waals surface area contributed by atoms with Crippen LogP contribution in [0.5, 0.6) is 0 Å². The summed E-state index contributed by atoms with van der Waals surface area (Å²) in [7, 11) is 0. The molecule has 4 rings (SSSR count). The molecule has 9 heteroatoms. The second kappa shape index (κ2) is 11.4. The molecule has 0 bridgehead atoms. The van der Waals surface area contributed by atoms with Gasteiger partial charge in [-0.05, 0) is 50.1 Å². The fourth-order valence-electron chi connectivity index (χ4n) is 4.03. The van der Waals surface area contributed by atoms with Crippen LogP contribution in [-0.2, 0) is 11.3 Å². The van der Waals surface area contributed by atoms with Gasteiger partial charge in [-0.15, -0.1) is 0 Å². The second-order valence-electron chi connectivity index (χ2n) is 8.39. The molecule has 1 fully saturated rings. The third-order valence-corrected chi connectivity index (χ3v) is 6.24. The number of hydrogen-bond acceptors (Lipinski definition) is 6. The molecule has 1 aliphatic rings. The standard InChI is InChI=1S/C25H28BrN5O3/c1-2-12-27-25(33)20-10-3-4-11-21(20)28-24(32)18-8-6-13-31(15-18)16-22-29-23(30-34-22)17-7-5-9-19(26)14-17/h3-5,7,9-11,14,18H,2,6,8,12-13,15-16H2,1H3,(H,27,33)(H,28,32). The maximum atomic E-state index is 13.1. The third-order valence-electron chi connectivity index (χ3n) is 5.75. The van der Waals surface area contributed by atoms with Crippen LogP contribution in [0, 0.1) is 5.92 Å². The smallest absolute Gasteiger partial charge is 0.253 e. The molecule has 2 aromatic carbocycles. The maximum absolute atomic E-state index is 13.1. The first-order valence-electron chi connectivity index (χ1n) is 11.5. The Bertz CT molecular complexity index is 1150. The number of hydrogen-bond donors (Lipinski definition) is 2. The highest BCUT2D eigenvalue weighted by Gasteiger charge is 2.28. The number of piperidine rings is 1. The number of carbonyl (C=O) groups is 2. The lowest BCUT2D eigenvalue weighted by atomic mass is 9.96. The number of likely N-dealkylation sites (tertiary alicyclic amines) is 1. The third kappa shape index (κ3) is 6.09. The highest BCUT2D eigenvalue weighted by atomic mass is 79.9. The van der Waals surface area contributed by atoms with Gasteiger partial charge in [-0.3, -0.25) is 14.5 Å². The lowest BCUT2D eigenvalue weighted by molar-refractivity contribution is -0.121. The molecule has 1 aliphatic heterocycles. The Labute approximate surface area is 207 Å².